The highest BCUT2D eigenvalue weighted by Gasteiger charge is 2.33. The quantitative estimate of drug-likeness (QED) is 0.815. The van der Waals surface area contributed by atoms with Gasteiger partial charge in [-0.1, -0.05) is 6.07 Å². The summed E-state index contributed by atoms with van der Waals surface area (Å²) in [7, 11) is 0. The van der Waals surface area contributed by atoms with Gasteiger partial charge in [0, 0.05) is 37.0 Å². The molecule has 1 aromatic heterocycles. The Balaban J connectivity index is 1.24. The fraction of sp³-hybridized carbons (Fsp3) is 0.450. The summed E-state index contributed by atoms with van der Waals surface area (Å²) in [6.45, 7) is 4.40. The zero-order chi connectivity index (χ0) is 17.5. The molecule has 0 radical (unpaired) electrons. The third kappa shape index (κ3) is 2.72. The predicted octanol–water partition coefficient (Wildman–Crippen LogP) is 2.58. The van der Waals surface area contributed by atoms with Gasteiger partial charge in [-0.05, 0) is 42.0 Å². The molecule has 1 fully saturated rings. The lowest BCUT2D eigenvalue weighted by molar-refractivity contribution is -0.135. The van der Waals surface area contributed by atoms with Crippen molar-refractivity contribution in [1.82, 2.24) is 4.90 Å². The Labute approximate surface area is 157 Å². The first kappa shape index (κ1) is 16.0. The van der Waals surface area contributed by atoms with Crippen LogP contribution in [0.2, 0.25) is 0 Å². The Bertz CT molecular complexity index is 806. The molecule has 3 heterocycles. The van der Waals surface area contributed by atoms with Crippen LogP contribution < -0.4 is 14.4 Å². The summed E-state index contributed by atoms with van der Waals surface area (Å²) in [6.07, 6.45) is 1.83. The summed E-state index contributed by atoms with van der Waals surface area (Å²) >= 11 is 1.79. The van der Waals surface area contributed by atoms with Crippen molar-refractivity contribution in [2.24, 2.45) is 5.92 Å². The first-order chi connectivity index (χ1) is 12.8. The number of carbonyl (C=O) groups is 1. The molecular formula is C20H22N2O3S. The van der Waals surface area contributed by atoms with Crippen LogP contribution in [0.3, 0.4) is 0 Å². The highest BCUT2D eigenvalue weighted by Crippen LogP contribution is 2.40. The first-order valence-electron chi connectivity index (χ1n) is 9.27. The molecule has 1 amide bonds. The van der Waals surface area contributed by atoms with E-state index in [9.17, 15) is 4.79 Å². The second-order valence-electron chi connectivity index (χ2n) is 7.09. The number of nitrogens with zero attached hydrogens (tertiary/aromatic N) is 2. The van der Waals surface area contributed by atoms with Crippen LogP contribution in [0.4, 0.5) is 5.69 Å². The molecule has 26 heavy (non-hydrogen) atoms. The van der Waals surface area contributed by atoms with Gasteiger partial charge < -0.3 is 19.3 Å². The van der Waals surface area contributed by atoms with E-state index < -0.39 is 0 Å². The van der Waals surface area contributed by atoms with Crippen LogP contribution in [0, 0.1) is 5.92 Å². The number of anilines is 1. The van der Waals surface area contributed by atoms with Crippen LogP contribution >= 0.6 is 11.3 Å². The highest BCUT2D eigenvalue weighted by atomic mass is 32.1. The standard InChI is InChI=1S/C20H22N2O3S/c23-20(15-12-14-4-11-26-18(14)13-15)22-7-5-21(6-8-22)16-2-1-3-17-19(16)25-10-9-24-17/h1-4,11,15H,5-10,12-13H2. The number of ether oxygens (including phenoxy) is 2. The third-order valence-electron chi connectivity index (χ3n) is 5.56. The van der Waals surface area contributed by atoms with Crippen LogP contribution in [-0.2, 0) is 17.6 Å². The Morgan fingerprint density at radius 1 is 1.04 bits per heavy atom. The van der Waals surface area contributed by atoms with Gasteiger partial charge in [-0.15, -0.1) is 11.3 Å². The Morgan fingerprint density at radius 2 is 1.88 bits per heavy atom. The van der Waals surface area contributed by atoms with Gasteiger partial charge in [0.1, 0.15) is 13.2 Å². The van der Waals surface area contributed by atoms with Crippen LogP contribution in [-0.4, -0.2) is 50.2 Å². The largest absolute Gasteiger partial charge is 0.486 e. The minimum atomic E-state index is 0.144. The summed E-state index contributed by atoms with van der Waals surface area (Å²) in [4.78, 5) is 18.7. The lowest BCUT2D eigenvalue weighted by atomic mass is 10.0. The topological polar surface area (TPSA) is 42.0 Å². The number of para-hydroxylation sites is 1. The maximum atomic E-state index is 12.9. The first-order valence-corrected chi connectivity index (χ1v) is 10.1. The molecule has 1 atom stereocenters. The van der Waals surface area contributed by atoms with E-state index in [-0.39, 0.29) is 5.92 Å². The van der Waals surface area contributed by atoms with Crippen molar-refractivity contribution in [3.8, 4) is 11.5 Å². The number of carbonyl (C=O) groups excluding carboxylic acids is 1. The van der Waals surface area contributed by atoms with Crippen molar-refractivity contribution in [1.29, 1.82) is 0 Å². The van der Waals surface area contributed by atoms with Gasteiger partial charge in [0.05, 0.1) is 5.69 Å². The molecule has 2 aliphatic heterocycles. The summed E-state index contributed by atoms with van der Waals surface area (Å²) < 4.78 is 11.5. The van der Waals surface area contributed by atoms with E-state index in [1.807, 2.05) is 17.0 Å². The number of piperazine rings is 1. The van der Waals surface area contributed by atoms with E-state index in [1.165, 1.54) is 10.4 Å². The number of benzene rings is 1. The fourth-order valence-corrected chi connectivity index (χ4v) is 5.19. The molecule has 0 bridgehead atoms. The number of amides is 1. The second kappa shape index (κ2) is 6.50. The van der Waals surface area contributed by atoms with Crippen LogP contribution in [0.25, 0.3) is 0 Å². The number of hydrogen-bond acceptors (Lipinski definition) is 5. The number of fused-ring (bicyclic) bond motifs is 2. The Kier molecular flexibility index (Phi) is 4.00. The zero-order valence-electron chi connectivity index (χ0n) is 14.6. The van der Waals surface area contributed by atoms with Crippen molar-refractivity contribution in [2.45, 2.75) is 12.8 Å². The SMILES string of the molecule is O=C(C1Cc2ccsc2C1)N1CCN(c2cccc3c2OCCO3)CC1. The molecule has 6 heteroatoms. The monoisotopic (exact) mass is 370 g/mol. The van der Waals surface area contributed by atoms with Gasteiger partial charge in [-0.3, -0.25) is 4.79 Å². The van der Waals surface area contributed by atoms with E-state index in [2.05, 4.69) is 22.4 Å². The van der Waals surface area contributed by atoms with Gasteiger partial charge >= 0.3 is 0 Å². The van der Waals surface area contributed by atoms with E-state index in [4.69, 9.17) is 9.47 Å². The summed E-state index contributed by atoms with van der Waals surface area (Å²) in [5, 5.41) is 2.14. The van der Waals surface area contributed by atoms with Crippen molar-refractivity contribution in [2.75, 3.05) is 44.3 Å². The summed E-state index contributed by atoms with van der Waals surface area (Å²) in [5.74, 6) is 2.14. The van der Waals surface area contributed by atoms with Crippen molar-refractivity contribution in [3.63, 3.8) is 0 Å². The average molecular weight is 370 g/mol. The van der Waals surface area contributed by atoms with Gasteiger partial charge in [-0.2, -0.15) is 0 Å². The molecule has 1 aromatic carbocycles. The van der Waals surface area contributed by atoms with E-state index in [0.29, 0.717) is 19.1 Å². The highest BCUT2D eigenvalue weighted by molar-refractivity contribution is 7.10. The fourth-order valence-electron chi connectivity index (χ4n) is 4.20. The third-order valence-corrected chi connectivity index (χ3v) is 6.55. The molecule has 1 aliphatic carbocycles. The maximum absolute atomic E-state index is 12.9. The molecule has 0 spiro atoms. The summed E-state index contributed by atoms with van der Waals surface area (Å²) in [5.41, 5.74) is 2.46. The Hall–Kier alpha value is -2.21. The molecule has 0 N–H and O–H groups in total. The molecule has 136 valence electrons. The van der Waals surface area contributed by atoms with Crippen LogP contribution in [0.15, 0.2) is 29.6 Å². The van der Waals surface area contributed by atoms with Gasteiger partial charge in [-0.25, -0.2) is 0 Å². The van der Waals surface area contributed by atoms with Crippen LogP contribution in [0.5, 0.6) is 11.5 Å². The second-order valence-corrected chi connectivity index (χ2v) is 8.09. The van der Waals surface area contributed by atoms with Gasteiger partial charge in [0.2, 0.25) is 5.91 Å². The Morgan fingerprint density at radius 3 is 2.73 bits per heavy atom. The number of rotatable bonds is 2. The molecular weight excluding hydrogens is 348 g/mol. The molecule has 0 saturated carbocycles. The predicted molar refractivity (Wildman–Crippen MR) is 101 cm³/mol. The van der Waals surface area contributed by atoms with Gasteiger partial charge in [0.25, 0.3) is 0 Å². The smallest absolute Gasteiger partial charge is 0.226 e. The minimum absolute atomic E-state index is 0.144. The number of thiophene rings is 1. The lowest BCUT2D eigenvalue weighted by Crippen LogP contribution is -2.50. The van der Waals surface area contributed by atoms with Crippen molar-refractivity contribution >= 4 is 22.9 Å². The molecule has 1 unspecified atom stereocenters. The van der Waals surface area contributed by atoms with E-state index in [1.54, 1.807) is 11.3 Å². The van der Waals surface area contributed by atoms with Gasteiger partial charge in [0.15, 0.2) is 11.5 Å². The molecule has 3 aliphatic rings. The molecule has 1 saturated heterocycles. The lowest BCUT2D eigenvalue weighted by Gasteiger charge is -2.38. The molecule has 5 rings (SSSR count). The van der Waals surface area contributed by atoms with E-state index in [0.717, 1.165) is 56.2 Å². The zero-order valence-corrected chi connectivity index (χ0v) is 15.5. The number of hydrogen-bond donors (Lipinski definition) is 0. The van der Waals surface area contributed by atoms with Crippen LogP contribution in [0.1, 0.15) is 10.4 Å². The summed E-state index contributed by atoms with van der Waals surface area (Å²) in [6, 6.07) is 8.22. The van der Waals surface area contributed by atoms with Crippen molar-refractivity contribution in [3.05, 3.63) is 40.1 Å². The van der Waals surface area contributed by atoms with Crippen molar-refractivity contribution < 1.29 is 14.3 Å². The van der Waals surface area contributed by atoms with E-state index >= 15 is 0 Å². The average Bonchev–Trinajstić information content (AvgIpc) is 3.29. The molecule has 2 aromatic rings. The maximum Gasteiger partial charge on any atom is 0.226 e. The molecule has 5 nitrogen and oxygen atoms in total. The minimum Gasteiger partial charge on any atom is -0.486 e. The normalized spacial score (nSPS) is 21.6.